The van der Waals surface area contributed by atoms with Crippen LogP contribution in [0.2, 0.25) is 0 Å². The lowest BCUT2D eigenvalue weighted by molar-refractivity contribution is 0.229. The van der Waals surface area contributed by atoms with Crippen LogP contribution in [0.25, 0.3) is 0 Å². The Balaban J connectivity index is 1.93. The average Bonchev–Trinajstić information content (AvgIpc) is 2.83. The molecule has 0 bridgehead atoms. The summed E-state index contributed by atoms with van der Waals surface area (Å²) >= 11 is 0. The quantitative estimate of drug-likeness (QED) is 0.788. The second kappa shape index (κ2) is 3.82. The third kappa shape index (κ3) is 2.41. The predicted molar refractivity (Wildman–Crippen MR) is 60.9 cm³/mol. The fourth-order valence-electron chi connectivity index (χ4n) is 1.53. The Morgan fingerprint density at radius 2 is 2.19 bits per heavy atom. The van der Waals surface area contributed by atoms with Gasteiger partial charge in [-0.1, -0.05) is 5.21 Å². The Kier molecular flexibility index (Phi) is 2.75. The summed E-state index contributed by atoms with van der Waals surface area (Å²) < 4.78 is 1.86. The molecule has 1 heterocycles. The molecule has 0 radical (unpaired) electrons. The van der Waals surface area contributed by atoms with Gasteiger partial charge in [-0.05, 0) is 33.6 Å². The summed E-state index contributed by atoms with van der Waals surface area (Å²) in [6.07, 6.45) is 4.06. The molecule has 1 aromatic heterocycles. The number of rotatable bonds is 4. The number of nitrogens with one attached hydrogen (secondary N) is 1. The van der Waals surface area contributed by atoms with Crippen LogP contribution in [0.5, 0.6) is 0 Å². The van der Waals surface area contributed by atoms with Crippen LogP contribution in [0.15, 0.2) is 6.20 Å². The third-order valence-electron chi connectivity index (χ3n) is 3.03. The van der Waals surface area contributed by atoms with Crippen LogP contribution in [-0.4, -0.2) is 32.2 Å². The highest BCUT2D eigenvalue weighted by molar-refractivity contribution is 5.04. The van der Waals surface area contributed by atoms with Gasteiger partial charge in [0.1, 0.15) is 0 Å². The van der Waals surface area contributed by atoms with E-state index in [1.807, 2.05) is 10.9 Å². The monoisotopic (exact) mass is 224 g/mol. The molecule has 0 amide bonds. The second-order valence-corrected chi connectivity index (χ2v) is 5.62. The second-order valence-electron chi connectivity index (χ2n) is 5.62. The van der Waals surface area contributed by atoms with Crippen molar-refractivity contribution in [2.45, 2.75) is 51.2 Å². The summed E-state index contributed by atoms with van der Waals surface area (Å²) in [5.74, 6) is 0. The van der Waals surface area contributed by atoms with Crippen molar-refractivity contribution in [1.29, 1.82) is 0 Å². The van der Waals surface area contributed by atoms with Crippen molar-refractivity contribution in [3.63, 3.8) is 0 Å². The van der Waals surface area contributed by atoms with Gasteiger partial charge in [-0.2, -0.15) is 0 Å². The molecule has 2 N–H and O–H groups in total. The molecule has 0 aromatic carbocycles. The molecule has 1 fully saturated rings. The maximum atomic E-state index is 9.17. The minimum Gasteiger partial charge on any atom is -0.394 e. The Morgan fingerprint density at radius 1 is 1.50 bits per heavy atom. The molecular weight excluding hydrogens is 204 g/mol. The van der Waals surface area contributed by atoms with Gasteiger partial charge >= 0.3 is 0 Å². The summed E-state index contributed by atoms with van der Waals surface area (Å²) in [4.78, 5) is 0. The highest BCUT2D eigenvalue weighted by Crippen LogP contribution is 2.34. The first kappa shape index (κ1) is 11.5. The lowest BCUT2D eigenvalue weighted by Crippen LogP contribution is -2.34. The minimum absolute atomic E-state index is 0.0283. The molecular formula is C11H20N4O. The number of hydrogen-bond acceptors (Lipinski definition) is 4. The van der Waals surface area contributed by atoms with Gasteiger partial charge in [0.05, 0.1) is 24.0 Å². The van der Waals surface area contributed by atoms with Crippen LogP contribution in [0, 0.1) is 0 Å². The molecule has 16 heavy (non-hydrogen) atoms. The standard InChI is InChI=1S/C11H20N4O/c1-10(2,3)15-7-9(13-14-15)6-12-11(8-16)4-5-11/h7,12,16H,4-6,8H2,1-3H3. The molecule has 1 aromatic rings. The minimum atomic E-state index is -0.0362. The highest BCUT2D eigenvalue weighted by Gasteiger charge is 2.41. The first-order valence-corrected chi connectivity index (χ1v) is 5.73. The number of nitrogens with zero attached hydrogens (tertiary/aromatic N) is 3. The fraction of sp³-hybridized carbons (Fsp3) is 0.818. The zero-order valence-corrected chi connectivity index (χ0v) is 10.2. The van der Waals surface area contributed by atoms with Gasteiger partial charge in [0, 0.05) is 12.1 Å². The lowest BCUT2D eigenvalue weighted by atomic mass is 10.1. The Labute approximate surface area is 95.8 Å². The van der Waals surface area contributed by atoms with E-state index in [9.17, 15) is 0 Å². The SMILES string of the molecule is CC(C)(C)n1cc(CNC2(CO)CC2)nn1. The van der Waals surface area contributed by atoms with Crippen LogP contribution in [0.1, 0.15) is 39.3 Å². The van der Waals surface area contributed by atoms with Gasteiger partial charge in [-0.3, -0.25) is 0 Å². The van der Waals surface area contributed by atoms with Gasteiger partial charge in [0.25, 0.3) is 0 Å². The van der Waals surface area contributed by atoms with Crippen LogP contribution >= 0.6 is 0 Å². The number of aliphatic hydroxyl groups is 1. The molecule has 0 unspecified atom stereocenters. The van der Waals surface area contributed by atoms with Crippen molar-refractivity contribution in [2.24, 2.45) is 0 Å². The van der Waals surface area contributed by atoms with Crippen LogP contribution in [0.3, 0.4) is 0 Å². The fourth-order valence-corrected chi connectivity index (χ4v) is 1.53. The first-order chi connectivity index (χ1) is 7.45. The summed E-state index contributed by atoms with van der Waals surface area (Å²) in [7, 11) is 0. The smallest absolute Gasteiger partial charge is 0.0965 e. The van der Waals surface area contributed by atoms with Crippen molar-refractivity contribution < 1.29 is 5.11 Å². The van der Waals surface area contributed by atoms with Gasteiger partial charge < -0.3 is 10.4 Å². The molecule has 1 saturated carbocycles. The van der Waals surface area contributed by atoms with Crippen LogP contribution in [-0.2, 0) is 12.1 Å². The topological polar surface area (TPSA) is 63.0 Å². The van der Waals surface area contributed by atoms with E-state index in [1.54, 1.807) is 0 Å². The number of aromatic nitrogens is 3. The molecule has 0 saturated heterocycles. The van der Waals surface area contributed by atoms with Gasteiger partial charge in [-0.15, -0.1) is 5.10 Å². The van der Waals surface area contributed by atoms with Crippen molar-refractivity contribution >= 4 is 0 Å². The van der Waals surface area contributed by atoms with E-state index in [1.165, 1.54) is 0 Å². The summed E-state index contributed by atoms with van der Waals surface area (Å²) in [6, 6.07) is 0. The summed E-state index contributed by atoms with van der Waals surface area (Å²) in [5, 5.41) is 20.7. The highest BCUT2D eigenvalue weighted by atomic mass is 16.3. The Morgan fingerprint density at radius 3 is 2.62 bits per heavy atom. The van der Waals surface area contributed by atoms with Crippen molar-refractivity contribution in [1.82, 2.24) is 20.3 Å². The first-order valence-electron chi connectivity index (χ1n) is 5.73. The molecule has 90 valence electrons. The van der Waals surface area contributed by atoms with E-state index < -0.39 is 0 Å². The Bertz CT molecular complexity index is 362. The molecule has 5 nitrogen and oxygen atoms in total. The Hall–Kier alpha value is -0.940. The average molecular weight is 224 g/mol. The van der Waals surface area contributed by atoms with E-state index in [2.05, 4.69) is 36.4 Å². The summed E-state index contributed by atoms with van der Waals surface area (Å²) in [5.41, 5.74) is 0.861. The van der Waals surface area contributed by atoms with Crippen molar-refractivity contribution in [2.75, 3.05) is 6.61 Å². The molecule has 0 aliphatic heterocycles. The third-order valence-corrected chi connectivity index (χ3v) is 3.03. The van der Waals surface area contributed by atoms with Gasteiger partial charge in [0.2, 0.25) is 0 Å². The maximum Gasteiger partial charge on any atom is 0.0965 e. The largest absolute Gasteiger partial charge is 0.394 e. The number of aliphatic hydroxyl groups excluding tert-OH is 1. The predicted octanol–water partition coefficient (Wildman–Crippen LogP) is 0.648. The van der Waals surface area contributed by atoms with E-state index in [0.717, 1.165) is 18.5 Å². The zero-order valence-electron chi connectivity index (χ0n) is 10.2. The van der Waals surface area contributed by atoms with E-state index in [-0.39, 0.29) is 17.7 Å². The number of hydrogen-bond donors (Lipinski definition) is 2. The molecule has 0 spiro atoms. The van der Waals surface area contributed by atoms with E-state index >= 15 is 0 Å². The van der Waals surface area contributed by atoms with Crippen molar-refractivity contribution in [3.05, 3.63) is 11.9 Å². The maximum absolute atomic E-state index is 9.17. The normalized spacial score (nSPS) is 18.8. The lowest BCUT2D eigenvalue weighted by Gasteiger charge is -2.17. The summed E-state index contributed by atoms with van der Waals surface area (Å²) in [6.45, 7) is 7.16. The molecule has 1 aliphatic carbocycles. The van der Waals surface area contributed by atoms with Crippen LogP contribution in [0.4, 0.5) is 0 Å². The van der Waals surface area contributed by atoms with E-state index in [0.29, 0.717) is 6.54 Å². The van der Waals surface area contributed by atoms with Crippen LogP contribution < -0.4 is 5.32 Å². The zero-order chi connectivity index (χ0) is 11.8. The van der Waals surface area contributed by atoms with E-state index in [4.69, 9.17) is 5.11 Å². The van der Waals surface area contributed by atoms with Crippen molar-refractivity contribution in [3.8, 4) is 0 Å². The van der Waals surface area contributed by atoms with Gasteiger partial charge in [0.15, 0.2) is 0 Å². The van der Waals surface area contributed by atoms with Gasteiger partial charge in [-0.25, -0.2) is 4.68 Å². The molecule has 2 rings (SSSR count). The molecule has 0 atom stereocenters. The molecule has 1 aliphatic rings. The molecule has 5 heteroatoms.